The van der Waals surface area contributed by atoms with E-state index in [-0.39, 0.29) is 11.7 Å². The molecule has 0 radical (unpaired) electrons. The van der Waals surface area contributed by atoms with Crippen molar-refractivity contribution in [2.75, 3.05) is 13.2 Å². The van der Waals surface area contributed by atoms with Gasteiger partial charge in [-0.25, -0.2) is 4.79 Å². The number of epoxide rings is 1. The molecule has 1 saturated heterocycles. The molecule has 1 aromatic rings. The third-order valence-electron chi connectivity index (χ3n) is 3.17. The third-order valence-corrected chi connectivity index (χ3v) is 3.17. The molecule has 4 nitrogen and oxygen atoms in total. The van der Waals surface area contributed by atoms with E-state index in [1.54, 1.807) is 0 Å². The minimum atomic E-state index is -0.456. The van der Waals surface area contributed by atoms with Crippen molar-refractivity contribution in [1.29, 1.82) is 0 Å². The molecule has 1 heterocycles. The number of carbonyl (C=O) groups excluding carboxylic acids is 1. The van der Waals surface area contributed by atoms with Gasteiger partial charge in [-0.15, -0.1) is 0 Å². The van der Waals surface area contributed by atoms with E-state index in [2.05, 4.69) is 17.4 Å². The Kier molecular flexibility index (Phi) is 4.33. The summed E-state index contributed by atoms with van der Waals surface area (Å²) in [6.07, 6.45) is 1.33. The number of hydrogen-bond donors (Lipinski definition) is 1. The van der Waals surface area contributed by atoms with E-state index in [0.717, 1.165) is 19.4 Å². The van der Waals surface area contributed by atoms with Crippen LogP contribution in [0.2, 0.25) is 0 Å². The predicted octanol–water partition coefficient (Wildman–Crippen LogP) is 2.91. The van der Waals surface area contributed by atoms with Crippen LogP contribution in [0.3, 0.4) is 0 Å². The monoisotopic (exact) mass is 277 g/mol. The quantitative estimate of drug-likeness (QED) is 0.842. The lowest BCUT2D eigenvalue weighted by atomic mass is 9.97. The lowest BCUT2D eigenvalue weighted by Crippen LogP contribution is -2.34. The zero-order chi connectivity index (χ0) is 14.6. The highest BCUT2D eigenvalue weighted by Gasteiger charge is 2.44. The summed E-state index contributed by atoms with van der Waals surface area (Å²) >= 11 is 0. The fourth-order valence-electron chi connectivity index (χ4n) is 2.11. The maximum atomic E-state index is 11.5. The summed E-state index contributed by atoms with van der Waals surface area (Å²) in [6.45, 7) is 6.90. The highest BCUT2D eigenvalue weighted by molar-refractivity contribution is 5.67. The Morgan fingerprint density at radius 1 is 1.35 bits per heavy atom. The summed E-state index contributed by atoms with van der Waals surface area (Å²) in [4.78, 5) is 11.5. The van der Waals surface area contributed by atoms with Gasteiger partial charge in [-0.2, -0.15) is 0 Å². The average molecular weight is 277 g/mol. The fraction of sp³-hybridized carbons (Fsp3) is 0.562. The van der Waals surface area contributed by atoms with E-state index < -0.39 is 5.60 Å². The second-order valence-electron chi connectivity index (χ2n) is 6.31. The molecule has 20 heavy (non-hydrogen) atoms. The van der Waals surface area contributed by atoms with Crippen LogP contribution >= 0.6 is 0 Å². The van der Waals surface area contributed by atoms with Crippen LogP contribution in [0.5, 0.6) is 0 Å². The first-order valence-corrected chi connectivity index (χ1v) is 7.03. The van der Waals surface area contributed by atoms with Crippen molar-refractivity contribution in [3.05, 3.63) is 35.9 Å². The number of rotatable bonds is 5. The van der Waals surface area contributed by atoms with Crippen molar-refractivity contribution < 1.29 is 14.3 Å². The molecule has 110 valence electrons. The van der Waals surface area contributed by atoms with E-state index in [1.165, 1.54) is 5.56 Å². The fourth-order valence-corrected chi connectivity index (χ4v) is 2.11. The Morgan fingerprint density at radius 3 is 2.55 bits per heavy atom. The van der Waals surface area contributed by atoms with Crippen molar-refractivity contribution in [3.8, 4) is 0 Å². The Bertz CT molecular complexity index is 447. The Balaban J connectivity index is 1.73. The molecule has 0 unspecified atom stereocenters. The zero-order valence-corrected chi connectivity index (χ0v) is 12.4. The third kappa shape index (κ3) is 4.85. The summed E-state index contributed by atoms with van der Waals surface area (Å²) < 4.78 is 10.8. The summed E-state index contributed by atoms with van der Waals surface area (Å²) in [7, 11) is 0. The lowest BCUT2D eigenvalue weighted by Gasteiger charge is -2.20. The van der Waals surface area contributed by atoms with Gasteiger partial charge in [0.15, 0.2) is 0 Å². The van der Waals surface area contributed by atoms with Gasteiger partial charge in [-0.05, 0) is 32.8 Å². The summed E-state index contributed by atoms with van der Waals surface area (Å²) in [6, 6.07) is 10.3. The van der Waals surface area contributed by atoms with Gasteiger partial charge >= 0.3 is 6.09 Å². The van der Waals surface area contributed by atoms with Crippen LogP contribution < -0.4 is 5.32 Å². The molecule has 1 N–H and O–H groups in total. The van der Waals surface area contributed by atoms with Gasteiger partial charge < -0.3 is 14.8 Å². The van der Waals surface area contributed by atoms with Gasteiger partial charge in [-0.1, -0.05) is 30.3 Å². The molecule has 1 aromatic carbocycles. The molecule has 0 spiro atoms. The highest BCUT2D eigenvalue weighted by Crippen LogP contribution is 2.34. The van der Waals surface area contributed by atoms with Crippen molar-refractivity contribution in [2.45, 2.75) is 44.8 Å². The smallest absolute Gasteiger partial charge is 0.407 e. The number of nitrogens with one attached hydrogen (secondary N) is 1. The highest BCUT2D eigenvalue weighted by atomic mass is 16.6. The second-order valence-corrected chi connectivity index (χ2v) is 6.31. The summed E-state index contributed by atoms with van der Waals surface area (Å²) in [5.74, 6) is 0. The molecule has 1 fully saturated rings. The normalized spacial score (nSPS) is 21.4. The molecule has 1 amide bonds. The van der Waals surface area contributed by atoms with Crippen LogP contribution in [0, 0.1) is 0 Å². The molecule has 1 atom stereocenters. The topological polar surface area (TPSA) is 50.9 Å². The van der Waals surface area contributed by atoms with Crippen LogP contribution in [0.1, 0.15) is 32.8 Å². The van der Waals surface area contributed by atoms with Gasteiger partial charge in [0.2, 0.25) is 0 Å². The molecule has 0 saturated carbocycles. The summed E-state index contributed by atoms with van der Waals surface area (Å²) in [5.41, 5.74) is 0.709. The van der Waals surface area contributed by atoms with Gasteiger partial charge in [0, 0.05) is 13.0 Å². The Labute approximate surface area is 120 Å². The number of amides is 1. The number of hydrogen-bond acceptors (Lipinski definition) is 3. The maximum Gasteiger partial charge on any atom is 0.407 e. The molecule has 1 aliphatic heterocycles. The van der Waals surface area contributed by atoms with Gasteiger partial charge in [-0.3, -0.25) is 0 Å². The van der Waals surface area contributed by atoms with Crippen LogP contribution in [0.25, 0.3) is 0 Å². The van der Waals surface area contributed by atoms with Crippen LogP contribution in [-0.2, 0) is 15.9 Å². The van der Waals surface area contributed by atoms with Gasteiger partial charge in [0.05, 0.1) is 12.2 Å². The van der Waals surface area contributed by atoms with E-state index in [4.69, 9.17) is 9.47 Å². The van der Waals surface area contributed by atoms with E-state index >= 15 is 0 Å². The lowest BCUT2D eigenvalue weighted by molar-refractivity contribution is 0.0524. The molecule has 4 heteroatoms. The van der Waals surface area contributed by atoms with Crippen molar-refractivity contribution in [1.82, 2.24) is 5.32 Å². The molecule has 0 aromatic heterocycles. The molecule has 0 aliphatic carbocycles. The number of alkyl carbamates (subject to hydrolysis) is 1. The van der Waals surface area contributed by atoms with Crippen LogP contribution in [0.4, 0.5) is 4.79 Å². The van der Waals surface area contributed by atoms with E-state index in [9.17, 15) is 4.79 Å². The SMILES string of the molecule is CC(C)(C)OC(=O)NCC[C@]1(Cc2ccccc2)CO1. The Morgan fingerprint density at radius 2 is 2.00 bits per heavy atom. The largest absolute Gasteiger partial charge is 0.444 e. The number of carbonyl (C=O) groups is 1. The standard InChI is InChI=1S/C16H23NO3/c1-15(2,3)20-14(18)17-10-9-16(12-19-16)11-13-7-5-4-6-8-13/h4-8H,9-12H2,1-3H3,(H,17,18)/t16-/m0/s1. The molecule has 2 rings (SSSR count). The molecule has 0 bridgehead atoms. The van der Waals surface area contributed by atoms with E-state index in [1.807, 2.05) is 39.0 Å². The minimum Gasteiger partial charge on any atom is -0.444 e. The maximum absolute atomic E-state index is 11.5. The number of benzene rings is 1. The first-order chi connectivity index (χ1) is 9.39. The van der Waals surface area contributed by atoms with Crippen molar-refractivity contribution in [3.63, 3.8) is 0 Å². The minimum absolute atomic E-state index is 0.101. The van der Waals surface area contributed by atoms with Crippen LogP contribution in [-0.4, -0.2) is 30.4 Å². The van der Waals surface area contributed by atoms with Crippen molar-refractivity contribution >= 4 is 6.09 Å². The van der Waals surface area contributed by atoms with Crippen LogP contribution in [0.15, 0.2) is 30.3 Å². The Hall–Kier alpha value is -1.55. The predicted molar refractivity (Wildman–Crippen MR) is 77.7 cm³/mol. The first-order valence-electron chi connectivity index (χ1n) is 7.03. The van der Waals surface area contributed by atoms with Gasteiger partial charge in [0.25, 0.3) is 0 Å². The molecule has 1 aliphatic rings. The second kappa shape index (κ2) is 5.83. The van der Waals surface area contributed by atoms with Gasteiger partial charge in [0.1, 0.15) is 5.60 Å². The average Bonchev–Trinajstić information content (AvgIpc) is 3.08. The molecular weight excluding hydrogens is 254 g/mol. The molecular formula is C16H23NO3. The van der Waals surface area contributed by atoms with E-state index in [0.29, 0.717) is 6.54 Å². The summed E-state index contributed by atoms with van der Waals surface area (Å²) in [5, 5.41) is 2.78. The zero-order valence-electron chi connectivity index (χ0n) is 12.4. The number of ether oxygens (including phenoxy) is 2. The van der Waals surface area contributed by atoms with Crippen molar-refractivity contribution in [2.24, 2.45) is 0 Å². The first kappa shape index (κ1) is 14.9.